The van der Waals surface area contributed by atoms with Gasteiger partial charge in [-0.25, -0.2) is 4.79 Å². The van der Waals surface area contributed by atoms with Crippen LogP contribution in [0.2, 0.25) is 0 Å². The number of esters is 1. The van der Waals surface area contributed by atoms with E-state index in [9.17, 15) is 4.79 Å². The lowest BCUT2D eigenvalue weighted by atomic mass is 9.92. The molecule has 4 nitrogen and oxygen atoms in total. The molecular weight excluding hydrogens is 240 g/mol. The summed E-state index contributed by atoms with van der Waals surface area (Å²) < 4.78 is 4.72. The molecule has 4 heteroatoms. The second-order valence-corrected chi connectivity index (χ2v) is 5.18. The Balaban J connectivity index is 1.87. The normalized spacial score (nSPS) is 23.1. The van der Waals surface area contributed by atoms with Crippen LogP contribution < -0.4 is 11.1 Å². The molecule has 2 rings (SSSR count). The lowest BCUT2D eigenvalue weighted by Crippen LogP contribution is -2.37. The Morgan fingerprint density at radius 1 is 1.37 bits per heavy atom. The lowest BCUT2D eigenvalue weighted by molar-refractivity contribution is 0.0600. The molecule has 1 aromatic carbocycles. The van der Waals surface area contributed by atoms with Crippen molar-refractivity contribution in [2.45, 2.75) is 44.3 Å². The quantitative estimate of drug-likeness (QED) is 0.813. The Kier molecular flexibility index (Phi) is 4.93. The fourth-order valence-electron chi connectivity index (χ4n) is 2.51. The van der Waals surface area contributed by atoms with Crippen LogP contribution in [-0.2, 0) is 11.3 Å². The summed E-state index contributed by atoms with van der Waals surface area (Å²) in [6.07, 6.45) is 4.47. The van der Waals surface area contributed by atoms with Gasteiger partial charge in [-0.15, -0.1) is 0 Å². The van der Waals surface area contributed by atoms with Crippen LogP contribution in [0.3, 0.4) is 0 Å². The third kappa shape index (κ3) is 4.04. The molecule has 0 aliphatic heterocycles. The van der Waals surface area contributed by atoms with E-state index in [1.807, 2.05) is 18.2 Å². The molecule has 0 saturated heterocycles. The van der Waals surface area contributed by atoms with Crippen molar-refractivity contribution in [2.24, 2.45) is 5.73 Å². The molecule has 19 heavy (non-hydrogen) atoms. The van der Waals surface area contributed by atoms with E-state index in [0.29, 0.717) is 17.6 Å². The summed E-state index contributed by atoms with van der Waals surface area (Å²) in [5.74, 6) is -0.287. The number of methoxy groups -OCH3 is 1. The van der Waals surface area contributed by atoms with Gasteiger partial charge in [0.15, 0.2) is 0 Å². The van der Waals surface area contributed by atoms with Crippen molar-refractivity contribution >= 4 is 5.97 Å². The maximum atomic E-state index is 11.5. The van der Waals surface area contributed by atoms with E-state index in [0.717, 1.165) is 37.8 Å². The highest BCUT2D eigenvalue weighted by atomic mass is 16.5. The van der Waals surface area contributed by atoms with E-state index in [1.165, 1.54) is 7.11 Å². The molecule has 0 heterocycles. The molecule has 0 radical (unpaired) electrons. The van der Waals surface area contributed by atoms with Crippen LogP contribution >= 0.6 is 0 Å². The van der Waals surface area contributed by atoms with Gasteiger partial charge in [-0.1, -0.05) is 12.1 Å². The summed E-state index contributed by atoms with van der Waals surface area (Å²) in [5.41, 5.74) is 7.61. The number of ether oxygens (including phenoxy) is 1. The van der Waals surface area contributed by atoms with Crippen molar-refractivity contribution in [3.8, 4) is 0 Å². The zero-order chi connectivity index (χ0) is 13.7. The number of rotatable bonds is 4. The molecule has 3 N–H and O–H groups in total. The van der Waals surface area contributed by atoms with Crippen LogP contribution in [0, 0.1) is 0 Å². The third-order valence-electron chi connectivity index (χ3n) is 3.71. The van der Waals surface area contributed by atoms with E-state index in [-0.39, 0.29) is 5.97 Å². The minimum absolute atomic E-state index is 0.287. The van der Waals surface area contributed by atoms with Gasteiger partial charge < -0.3 is 15.8 Å². The molecule has 0 unspecified atom stereocenters. The summed E-state index contributed by atoms with van der Waals surface area (Å²) in [6.45, 7) is 0.782. The van der Waals surface area contributed by atoms with Crippen molar-refractivity contribution in [3.05, 3.63) is 35.4 Å². The highest BCUT2D eigenvalue weighted by molar-refractivity contribution is 5.89. The van der Waals surface area contributed by atoms with Crippen LogP contribution in [0.25, 0.3) is 0 Å². The predicted molar refractivity (Wildman–Crippen MR) is 74.9 cm³/mol. The SMILES string of the molecule is COC(=O)c1cccc(CNC2CCC(N)CC2)c1. The molecular formula is C15H22N2O2. The summed E-state index contributed by atoms with van der Waals surface area (Å²) >= 11 is 0. The van der Waals surface area contributed by atoms with E-state index >= 15 is 0 Å². The molecule has 0 amide bonds. The zero-order valence-corrected chi connectivity index (χ0v) is 11.4. The van der Waals surface area contributed by atoms with E-state index in [1.54, 1.807) is 6.07 Å². The molecule has 0 spiro atoms. The number of hydrogen-bond acceptors (Lipinski definition) is 4. The minimum Gasteiger partial charge on any atom is -0.465 e. The zero-order valence-electron chi connectivity index (χ0n) is 11.4. The van der Waals surface area contributed by atoms with Gasteiger partial charge in [0.1, 0.15) is 0 Å². The van der Waals surface area contributed by atoms with Gasteiger partial charge in [-0.2, -0.15) is 0 Å². The second-order valence-electron chi connectivity index (χ2n) is 5.18. The van der Waals surface area contributed by atoms with Crippen molar-refractivity contribution in [1.29, 1.82) is 0 Å². The Morgan fingerprint density at radius 3 is 2.79 bits per heavy atom. The fourth-order valence-corrected chi connectivity index (χ4v) is 2.51. The number of hydrogen-bond donors (Lipinski definition) is 2. The number of nitrogens with two attached hydrogens (primary N) is 1. The summed E-state index contributed by atoms with van der Waals surface area (Å²) in [6, 6.07) is 8.48. The first-order valence-corrected chi connectivity index (χ1v) is 6.85. The summed E-state index contributed by atoms with van der Waals surface area (Å²) in [7, 11) is 1.40. The van der Waals surface area contributed by atoms with Crippen LogP contribution in [0.4, 0.5) is 0 Å². The predicted octanol–water partition coefficient (Wildman–Crippen LogP) is 1.83. The smallest absolute Gasteiger partial charge is 0.337 e. The highest BCUT2D eigenvalue weighted by Gasteiger charge is 2.17. The standard InChI is InChI=1S/C15H22N2O2/c1-19-15(18)12-4-2-3-11(9-12)10-17-14-7-5-13(16)6-8-14/h2-4,9,13-14,17H,5-8,10,16H2,1H3. The summed E-state index contributed by atoms with van der Waals surface area (Å²) in [5, 5.41) is 3.53. The number of benzene rings is 1. The molecule has 0 atom stereocenters. The Bertz CT molecular complexity index is 426. The van der Waals surface area contributed by atoms with Crippen molar-refractivity contribution < 1.29 is 9.53 Å². The van der Waals surface area contributed by atoms with Gasteiger partial charge in [0.25, 0.3) is 0 Å². The van der Waals surface area contributed by atoms with Crippen molar-refractivity contribution in [1.82, 2.24) is 5.32 Å². The highest BCUT2D eigenvalue weighted by Crippen LogP contribution is 2.17. The average molecular weight is 262 g/mol. The molecule has 1 aliphatic rings. The Labute approximate surface area is 114 Å². The van der Waals surface area contributed by atoms with E-state index in [2.05, 4.69) is 5.32 Å². The monoisotopic (exact) mass is 262 g/mol. The lowest BCUT2D eigenvalue weighted by Gasteiger charge is -2.27. The van der Waals surface area contributed by atoms with Crippen LogP contribution in [0.15, 0.2) is 24.3 Å². The van der Waals surface area contributed by atoms with E-state index in [4.69, 9.17) is 10.5 Å². The molecule has 1 aromatic rings. The second kappa shape index (κ2) is 6.68. The number of nitrogens with one attached hydrogen (secondary N) is 1. The van der Waals surface area contributed by atoms with Crippen LogP contribution in [0.1, 0.15) is 41.6 Å². The van der Waals surface area contributed by atoms with Crippen LogP contribution in [-0.4, -0.2) is 25.2 Å². The molecule has 104 valence electrons. The average Bonchev–Trinajstić information content (AvgIpc) is 2.46. The largest absolute Gasteiger partial charge is 0.465 e. The fraction of sp³-hybridized carbons (Fsp3) is 0.533. The first kappa shape index (κ1) is 14.0. The molecule has 1 saturated carbocycles. The van der Waals surface area contributed by atoms with Crippen LogP contribution in [0.5, 0.6) is 0 Å². The third-order valence-corrected chi connectivity index (χ3v) is 3.71. The Morgan fingerprint density at radius 2 is 2.11 bits per heavy atom. The van der Waals surface area contributed by atoms with Gasteiger partial charge in [0.2, 0.25) is 0 Å². The topological polar surface area (TPSA) is 64.3 Å². The van der Waals surface area contributed by atoms with Gasteiger partial charge in [-0.05, 0) is 43.4 Å². The van der Waals surface area contributed by atoms with Crippen molar-refractivity contribution in [3.63, 3.8) is 0 Å². The molecule has 1 aliphatic carbocycles. The molecule has 0 aromatic heterocycles. The molecule has 1 fully saturated rings. The van der Waals surface area contributed by atoms with Gasteiger partial charge in [0, 0.05) is 18.6 Å². The molecule has 0 bridgehead atoms. The Hall–Kier alpha value is -1.39. The first-order chi connectivity index (χ1) is 9.19. The van der Waals surface area contributed by atoms with Crippen molar-refractivity contribution in [2.75, 3.05) is 7.11 Å². The van der Waals surface area contributed by atoms with Gasteiger partial charge in [-0.3, -0.25) is 0 Å². The van der Waals surface area contributed by atoms with Gasteiger partial charge >= 0.3 is 5.97 Å². The van der Waals surface area contributed by atoms with Gasteiger partial charge in [0.05, 0.1) is 12.7 Å². The van der Waals surface area contributed by atoms with E-state index < -0.39 is 0 Å². The summed E-state index contributed by atoms with van der Waals surface area (Å²) in [4.78, 5) is 11.5. The first-order valence-electron chi connectivity index (χ1n) is 6.85. The maximum absolute atomic E-state index is 11.5. The minimum atomic E-state index is -0.287. The maximum Gasteiger partial charge on any atom is 0.337 e. The number of carbonyl (C=O) groups excluding carboxylic acids is 1. The number of carbonyl (C=O) groups is 1.